The first kappa shape index (κ1) is 21.7. The maximum atomic E-state index is 12.9. The normalized spacial score (nSPS) is 11.8. The van der Waals surface area contributed by atoms with Crippen molar-refractivity contribution in [3.05, 3.63) is 64.9 Å². The Bertz CT molecular complexity index is 783. The van der Waals surface area contributed by atoms with Crippen molar-refractivity contribution in [2.24, 2.45) is 0 Å². The van der Waals surface area contributed by atoms with Crippen molar-refractivity contribution in [3.63, 3.8) is 0 Å². The Morgan fingerprint density at radius 1 is 1.18 bits per heavy atom. The van der Waals surface area contributed by atoms with Gasteiger partial charge in [0.25, 0.3) is 0 Å². The molecule has 1 aromatic heterocycles. The number of aromatic nitrogens is 1. The van der Waals surface area contributed by atoms with E-state index < -0.39 is 12.0 Å². The summed E-state index contributed by atoms with van der Waals surface area (Å²) < 4.78 is 5.25. The fourth-order valence-corrected chi connectivity index (χ4v) is 3.02. The lowest BCUT2D eigenvalue weighted by Crippen LogP contribution is -2.42. The number of halogens is 1. The smallest absolute Gasteiger partial charge is 0.318 e. The van der Waals surface area contributed by atoms with Crippen LogP contribution in [0.2, 0.25) is 5.02 Å². The van der Waals surface area contributed by atoms with Gasteiger partial charge in [-0.3, -0.25) is 9.78 Å². The second kappa shape index (κ2) is 10.7. The molecule has 0 spiro atoms. The largest absolute Gasteiger partial charge is 0.463 e. The topological polar surface area (TPSA) is 71.5 Å². The highest BCUT2D eigenvalue weighted by Gasteiger charge is 2.24. The molecule has 150 valence electrons. The molecular weight excluding hydrogens is 378 g/mol. The molecule has 1 N–H and O–H groups in total. The number of esters is 1. The summed E-state index contributed by atoms with van der Waals surface area (Å²) >= 11 is 6.31. The van der Waals surface area contributed by atoms with E-state index in [4.69, 9.17) is 16.3 Å². The van der Waals surface area contributed by atoms with Crippen LogP contribution in [0.4, 0.5) is 4.79 Å². The van der Waals surface area contributed by atoms with Crippen molar-refractivity contribution in [2.75, 3.05) is 6.54 Å². The Kier molecular flexibility index (Phi) is 8.26. The summed E-state index contributed by atoms with van der Waals surface area (Å²) in [5, 5.41) is 3.42. The molecule has 2 amide bonds. The zero-order valence-electron chi connectivity index (χ0n) is 16.4. The Morgan fingerprint density at radius 3 is 2.46 bits per heavy atom. The van der Waals surface area contributed by atoms with E-state index in [0.717, 1.165) is 5.56 Å². The Labute approximate surface area is 170 Å². The number of hydrogen-bond donors (Lipinski definition) is 1. The van der Waals surface area contributed by atoms with Gasteiger partial charge < -0.3 is 15.0 Å². The first-order valence-electron chi connectivity index (χ1n) is 9.29. The van der Waals surface area contributed by atoms with Crippen molar-refractivity contribution in [1.29, 1.82) is 0 Å². The molecule has 0 aliphatic rings. The lowest BCUT2D eigenvalue weighted by atomic mass is 10.0. The summed E-state index contributed by atoms with van der Waals surface area (Å²) in [7, 11) is 0. The van der Waals surface area contributed by atoms with Crippen LogP contribution >= 0.6 is 11.6 Å². The molecule has 7 heteroatoms. The number of ether oxygens (including phenoxy) is 1. The molecule has 1 atom stereocenters. The van der Waals surface area contributed by atoms with Gasteiger partial charge in [0, 0.05) is 30.5 Å². The number of carbonyl (C=O) groups is 2. The third-order valence-corrected chi connectivity index (χ3v) is 4.45. The van der Waals surface area contributed by atoms with Crippen LogP contribution in [0.3, 0.4) is 0 Å². The number of hydrogen-bond acceptors (Lipinski definition) is 4. The van der Waals surface area contributed by atoms with E-state index in [2.05, 4.69) is 10.3 Å². The standard InChI is InChI=1S/C21H26ClN3O3/c1-4-25(14-16-9-11-23-12-10-16)21(27)24-19(13-20(26)28-15(2)3)17-7-5-6-8-18(17)22/h5-12,15,19H,4,13-14H2,1-3H3,(H,24,27)/t19-/m0/s1. The third kappa shape index (κ3) is 6.53. The second-order valence-corrected chi connectivity index (χ2v) is 7.04. The van der Waals surface area contributed by atoms with Gasteiger partial charge in [0.2, 0.25) is 0 Å². The van der Waals surface area contributed by atoms with Crippen LogP contribution in [-0.2, 0) is 16.1 Å². The van der Waals surface area contributed by atoms with Crippen molar-refractivity contribution in [3.8, 4) is 0 Å². The van der Waals surface area contributed by atoms with E-state index in [0.29, 0.717) is 23.7 Å². The second-order valence-electron chi connectivity index (χ2n) is 6.64. The predicted molar refractivity (Wildman–Crippen MR) is 109 cm³/mol. The summed E-state index contributed by atoms with van der Waals surface area (Å²) in [6.07, 6.45) is 3.15. The van der Waals surface area contributed by atoms with Crippen molar-refractivity contribution in [2.45, 2.75) is 45.9 Å². The number of nitrogens with zero attached hydrogens (tertiary/aromatic N) is 2. The highest BCUT2D eigenvalue weighted by molar-refractivity contribution is 6.31. The number of rotatable bonds is 8. The number of carbonyl (C=O) groups excluding carboxylic acids is 2. The van der Waals surface area contributed by atoms with Gasteiger partial charge in [0.05, 0.1) is 18.6 Å². The molecule has 0 aliphatic carbocycles. The van der Waals surface area contributed by atoms with Crippen molar-refractivity contribution in [1.82, 2.24) is 15.2 Å². The van der Waals surface area contributed by atoms with E-state index in [1.165, 1.54) is 0 Å². The molecule has 2 aromatic rings. The molecule has 0 saturated carbocycles. The average molecular weight is 404 g/mol. The SMILES string of the molecule is CCN(Cc1ccncc1)C(=O)N[C@@H](CC(=O)OC(C)C)c1ccccc1Cl. The minimum absolute atomic E-state index is 0.000461. The van der Waals surface area contributed by atoms with Gasteiger partial charge in [-0.15, -0.1) is 0 Å². The van der Waals surface area contributed by atoms with Gasteiger partial charge in [-0.2, -0.15) is 0 Å². The Balaban J connectivity index is 2.16. The summed E-state index contributed by atoms with van der Waals surface area (Å²) in [6, 6.07) is 10.0. The lowest BCUT2D eigenvalue weighted by Gasteiger charge is -2.26. The molecule has 2 rings (SSSR count). The van der Waals surface area contributed by atoms with Crippen LogP contribution in [0.15, 0.2) is 48.8 Å². The van der Waals surface area contributed by atoms with Crippen LogP contribution in [0, 0.1) is 0 Å². The Morgan fingerprint density at radius 2 is 1.86 bits per heavy atom. The summed E-state index contributed by atoms with van der Waals surface area (Å²) in [6.45, 7) is 6.43. The fraction of sp³-hybridized carbons (Fsp3) is 0.381. The number of amides is 2. The number of urea groups is 1. The van der Waals surface area contributed by atoms with E-state index in [-0.39, 0.29) is 18.6 Å². The van der Waals surface area contributed by atoms with Gasteiger partial charge in [-0.05, 0) is 50.1 Å². The van der Waals surface area contributed by atoms with Gasteiger partial charge in [0.1, 0.15) is 0 Å². The van der Waals surface area contributed by atoms with Gasteiger partial charge in [-0.1, -0.05) is 29.8 Å². The zero-order chi connectivity index (χ0) is 20.5. The quantitative estimate of drug-likeness (QED) is 0.665. The molecule has 28 heavy (non-hydrogen) atoms. The highest BCUT2D eigenvalue weighted by Crippen LogP contribution is 2.26. The number of benzene rings is 1. The monoisotopic (exact) mass is 403 g/mol. The summed E-state index contributed by atoms with van der Waals surface area (Å²) in [4.78, 5) is 30.8. The first-order valence-corrected chi connectivity index (χ1v) is 9.66. The van der Waals surface area contributed by atoms with Crippen LogP contribution < -0.4 is 5.32 Å². The molecule has 0 saturated heterocycles. The minimum atomic E-state index is -0.584. The van der Waals surface area contributed by atoms with Gasteiger partial charge >= 0.3 is 12.0 Å². The van der Waals surface area contributed by atoms with Crippen LogP contribution in [0.25, 0.3) is 0 Å². The van der Waals surface area contributed by atoms with Gasteiger partial charge in [0.15, 0.2) is 0 Å². The van der Waals surface area contributed by atoms with E-state index in [9.17, 15) is 9.59 Å². The van der Waals surface area contributed by atoms with Crippen molar-refractivity contribution < 1.29 is 14.3 Å². The number of pyridine rings is 1. The van der Waals surface area contributed by atoms with Crippen LogP contribution in [0.5, 0.6) is 0 Å². The third-order valence-electron chi connectivity index (χ3n) is 4.11. The molecule has 0 fully saturated rings. The molecule has 0 radical (unpaired) electrons. The molecule has 0 aliphatic heterocycles. The molecule has 0 bridgehead atoms. The molecule has 0 unspecified atom stereocenters. The molecule has 1 aromatic carbocycles. The maximum absolute atomic E-state index is 12.9. The van der Waals surface area contributed by atoms with Crippen LogP contribution in [-0.4, -0.2) is 34.5 Å². The van der Waals surface area contributed by atoms with Gasteiger partial charge in [-0.25, -0.2) is 4.79 Å². The van der Waals surface area contributed by atoms with Crippen molar-refractivity contribution >= 4 is 23.6 Å². The van der Waals surface area contributed by atoms with E-state index in [1.54, 1.807) is 49.3 Å². The fourth-order valence-electron chi connectivity index (χ4n) is 2.75. The molecule has 1 heterocycles. The molecular formula is C21H26ClN3O3. The predicted octanol–water partition coefficient (Wildman–Crippen LogP) is 4.35. The average Bonchev–Trinajstić information content (AvgIpc) is 2.66. The highest BCUT2D eigenvalue weighted by atomic mass is 35.5. The number of nitrogens with one attached hydrogen (secondary N) is 1. The summed E-state index contributed by atoms with van der Waals surface area (Å²) in [5.41, 5.74) is 1.65. The minimum Gasteiger partial charge on any atom is -0.463 e. The lowest BCUT2D eigenvalue weighted by molar-refractivity contribution is -0.147. The Hall–Kier alpha value is -2.60. The van der Waals surface area contributed by atoms with E-state index >= 15 is 0 Å². The van der Waals surface area contributed by atoms with E-state index in [1.807, 2.05) is 25.1 Å². The summed E-state index contributed by atoms with van der Waals surface area (Å²) in [5.74, 6) is -0.391. The maximum Gasteiger partial charge on any atom is 0.318 e. The zero-order valence-corrected chi connectivity index (χ0v) is 17.1. The van der Waals surface area contributed by atoms with Crippen LogP contribution in [0.1, 0.15) is 44.4 Å². The molecule has 6 nitrogen and oxygen atoms in total. The first-order chi connectivity index (χ1) is 13.4.